The van der Waals surface area contributed by atoms with Gasteiger partial charge in [0.05, 0.1) is 0 Å². The second-order valence-corrected chi connectivity index (χ2v) is 5.39. The van der Waals surface area contributed by atoms with E-state index >= 15 is 0 Å². The van der Waals surface area contributed by atoms with Crippen molar-refractivity contribution in [2.24, 2.45) is 5.92 Å². The summed E-state index contributed by atoms with van der Waals surface area (Å²) in [6.07, 6.45) is 9.12. The van der Waals surface area contributed by atoms with Crippen molar-refractivity contribution < 1.29 is 4.79 Å². The number of likely N-dealkylation sites (tertiary alicyclic amines) is 1. The maximum Gasteiger partial charge on any atom is 0.246 e. The molecule has 5 heteroatoms. The van der Waals surface area contributed by atoms with Crippen LogP contribution in [0.4, 0.5) is 5.95 Å². The minimum atomic E-state index is 0.0811. The van der Waals surface area contributed by atoms with Crippen LogP contribution in [-0.4, -0.2) is 48.0 Å². The quantitative estimate of drug-likeness (QED) is 0.786. The second-order valence-electron chi connectivity index (χ2n) is 5.39. The minimum absolute atomic E-state index is 0.0811. The molecule has 1 aromatic heterocycles. The Kier molecular flexibility index (Phi) is 4.71. The monoisotopic (exact) mass is 274 g/mol. The molecule has 2 heterocycles. The van der Waals surface area contributed by atoms with Gasteiger partial charge in [0.25, 0.3) is 0 Å². The highest BCUT2D eigenvalue weighted by molar-refractivity contribution is 5.91. The molecule has 1 aliphatic rings. The Bertz CT molecular complexity index is 481. The van der Waals surface area contributed by atoms with Gasteiger partial charge in [-0.05, 0) is 18.4 Å². The molecule has 0 aliphatic carbocycles. The molecule has 20 heavy (non-hydrogen) atoms. The first-order chi connectivity index (χ1) is 9.60. The Hall–Kier alpha value is -1.91. The lowest BCUT2D eigenvalue weighted by Crippen LogP contribution is -2.26. The molecular weight excluding hydrogens is 252 g/mol. The summed E-state index contributed by atoms with van der Waals surface area (Å²) >= 11 is 0. The molecule has 0 aromatic carbocycles. The van der Waals surface area contributed by atoms with Gasteiger partial charge in [0.15, 0.2) is 0 Å². The third-order valence-corrected chi connectivity index (χ3v) is 3.65. The fourth-order valence-electron chi connectivity index (χ4n) is 2.29. The third kappa shape index (κ3) is 3.56. The average molecular weight is 274 g/mol. The van der Waals surface area contributed by atoms with Crippen molar-refractivity contribution in [2.75, 3.05) is 32.1 Å². The Morgan fingerprint density at radius 2 is 2.15 bits per heavy atom. The van der Waals surface area contributed by atoms with E-state index in [9.17, 15) is 4.79 Å². The number of carbonyl (C=O) groups excluding carboxylic acids is 1. The highest BCUT2D eigenvalue weighted by Crippen LogP contribution is 2.19. The maximum absolute atomic E-state index is 12.0. The molecule has 2 rings (SSSR count). The first kappa shape index (κ1) is 14.5. The summed E-state index contributed by atoms with van der Waals surface area (Å²) in [5.74, 6) is 1.41. The SMILES string of the molecule is CCC1CCN(C(=O)/C=C/c2cnc(N(C)C)nc2)C1. The number of anilines is 1. The van der Waals surface area contributed by atoms with Crippen molar-refractivity contribution in [3.05, 3.63) is 24.0 Å². The van der Waals surface area contributed by atoms with E-state index in [1.54, 1.807) is 24.5 Å². The van der Waals surface area contributed by atoms with Crippen molar-refractivity contribution >= 4 is 17.9 Å². The van der Waals surface area contributed by atoms with E-state index in [1.807, 2.05) is 23.9 Å². The molecule has 1 atom stereocenters. The molecule has 1 aliphatic heterocycles. The summed E-state index contributed by atoms with van der Waals surface area (Å²) in [5.41, 5.74) is 0.843. The molecular formula is C15H22N4O. The maximum atomic E-state index is 12.0. The molecule has 0 saturated carbocycles. The second kappa shape index (κ2) is 6.50. The Morgan fingerprint density at radius 3 is 2.70 bits per heavy atom. The van der Waals surface area contributed by atoms with Crippen LogP contribution in [0.25, 0.3) is 6.08 Å². The predicted octanol–water partition coefficient (Wildman–Crippen LogP) is 1.81. The van der Waals surface area contributed by atoms with Crippen LogP contribution in [0.2, 0.25) is 0 Å². The van der Waals surface area contributed by atoms with E-state index in [1.165, 1.54) is 0 Å². The zero-order valence-electron chi connectivity index (χ0n) is 12.4. The summed E-state index contributed by atoms with van der Waals surface area (Å²) in [7, 11) is 3.79. The molecule has 5 nitrogen and oxygen atoms in total. The van der Waals surface area contributed by atoms with Crippen LogP contribution in [0.3, 0.4) is 0 Å². The van der Waals surface area contributed by atoms with Gasteiger partial charge in [-0.15, -0.1) is 0 Å². The Labute approximate surface area is 120 Å². The number of hydrogen-bond acceptors (Lipinski definition) is 4. The van der Waals surface area contributed by atoms with E-state index in [4.69, 9.17) is 0 Å². The molecule has 0 spiro atoms. The van der Waals surface area contributed by atoms with Crippen molar-refractivity contribution in [3.63, 3.8) is 0 Å². The predicted molar refractivity (Wildman–Crippen MR) is 80.4 cm³/mol. The van der Waals surface area contributed by atoms with Crippen LogP contribution in [-0.2, 0) is 4.79 Å². The largest absolute Gasteiger partial charge is 0.347 e. The molecule has 1 aromatic rings. The average Bonchev–Trinajstić information content (AvgIpc) is 2.94. The molecule has 0 bridgehead atoms. The number of amides is 1. The van der Waals surface area contributed by atoms with Gasteiger partial charge in [0, 0.05) is 51.2 Å². The topological polar surface area (TPSA) is 49.3 Å². The molecule has 1 amide bonds. The van der Waals surface area contributed by atoms with E-state index in [0.717, 1.165) is 31.5 Å². The standard InChI is InChI=1S/C15H22N4O/c1-4-12-7-8-19(11-12)14(20)6-5-13-9-16-15(17-10-13)18(2)3/h5-6,9-10,12H,4,7-8,11H2,1-3H3/b6-5+. The highest BCUT2D eigenvalue weighted by Gasteiger charge is 2.23. The lowest BCUT2D eigenvalue weighted by atomic mass is 10.1. The minimum Gasteiger partial charge on any atom is -0.347 e. The number of hydrogen-bond donors (Lipinski definition) is 0. The van der Waals surface area contributed by atoms with Gasteiger partial charge in [-0.2, -0.15) is 0 Å². The molecule has 108 valence electrons. The van der Waals surface area contributed by atoms with Crippen molar-refractivity contribution in [1.82, 2.24) is 14.9 Å². The summed E-state index contributed by atoms with van der Waals surface area (Å²) in [6.45, 7) is 3.94. The fraction of sp³-hybridized carbons (Fsp3) is 0.533. The van der Waals surface area contributed by atoms with Gasteiger partial charge in [-0.1, -0.05) is 13.3 Å². The van der Waals surface area contributed by atoms with Crippen molar-refractivity contribution in [1.29, 1.82) is 0 Å². The summed E-state index contributed by atoms with van der Waals surface area (Å²) in [5, 5.41) is 0. The number of rotatable bonds is 4. The first-order valence-electron chi connectivity index (χ1n) is 7.06. The van der Waals surface area contributed by atoms with E-state index < -0.39 is 0 Å². The van der Waals surface area contributed by atoms with Crippen LogP contribution in [0.1, 0.15) is 25.3 Å². The summed E-state index contributed by atoms with van der Waals surface area (Å²) in [6, 6.07) is 0. The number of carbonyl (C=O) groups is 1. The van der Waals surface area contributed by atoms with E-state index in [2.05, 4.69) is 16.9 Å². The molecule has 1 saturated heterocycles. The third-order valence-electron chi connectivity index (χ3n) is 3.65. The Balaban J connectivity index is 1.93. The zero-order valence-corrected chi connectivity index (χ0v) is 12.4. The van der Waals surface area contributed by atoms with Crippen LogP contribution in [0.5, 0.6) is 0 Å². The number of aromatic nitrogens is 2. The lowest BCUT2D eigenvalue weighted by Gasteiger charge is -2.13. The molecule has 1 unspecified atom stereocenters. The van der Waals surface area contributed by atoms with Crippen LogP contribution in [0, 0.1) is 5.92 Å². The van der Waals surface area contributed by atoms with Gasteiger partial charge >= 0.3 is 0 Å². The molecule has 0 N–H and O–H groups in total. The zero-order chi connectivity index (χ0) is 14.5. The van der Waals surface area contributed by atoms with E-state index in [-0.39, 0.29) is 5.91 Å². The van der Waals surface area contributed by atoms with Crippen LogP contribution in [0.15, 0.2) is 18.5 Å². The summed E-state index contributed by atoms with van der Waals surface area (Å²) < 4.78 is 0. The smallest absolute Gasteiger partial charge is 0.246 e. The normalized spacial score (nSPS) is 18.8. The van der Waals surface area contributed by atoms with Crippen molar-refractivity contribution in [3.8, 4) is 0 Å². The Morgan fingerprint density at radius 1 is 1.45 bits per heavy atom. The summed E-state index contributed by atoms with van der Waals surface area (Å²) in [4.78, 5) is 24.2. The lowest BCUT2D eigenvalue weighted by molar-refractivity contribution is -0.125. The fourth-order valence-corrected chi connectivity index (χ4v) is 2.29. The first-order valence-corrected chi connectivity index (χ1v) is 7.06. The highest BCUT2D eigenvalue weighted by atomic mass is 16.2. The van der Waals surface area contributed by atoms with Gasteiger partial charge in [0.1, 0.15) is 0 Å². The van der Waals surface area contributed by atoms with Gasteiger partial charge in [-0.3, -0.25) is 4.79 Å². The van der Waals surface area contributed by atoms with Gasteiger partial charge < -0.3 is 9.80 Å². The van der Waals surface area contributed by atoms with Gasteiger partial charge in [0.2, 0.25) is 11.9 Å². The van der Waals surface area contributed by atoms with Crippen LogP contribution >= 0.6 is 0 Å². The van der Waals surface area contributed by atoms with E-state index in [0.29, 0.717) is 11.9 Å². The molecule has 1 fully saturated rings. The molecule has 0 radical (unpaired) electrons. The van der Waals surface area contributed by atoms with Gasteiger partial charge in [-0.25, -0.2) is 9.97 Å². The number of nitrogens with zero attached hydrogens (tertiary/aromatic N) is 4. The van der Waals surface area contributed by atoms with Crippen LogP contribution < -0.4 is 4.90 Å². The van der Waals surface area contributed by atoms with Crippen molar-refractivity contribution in [2.45, 2.75) is 19.8 Å².